The summed E-state index contributed by atoms with van der Waals surface area (Å²) in [4.78, 5) is 25.9. The Bertz CT molecular complexity index is 1040. The van der Waals surface area contributed by atoms with Crippen molar-refractivity contribution in [2.75, 3.05) is 0 Å². The molecule has 0 aliphatic heterocycles. The minimum Gasteiger partial charge on any atom is -0.351 e. The fourth-order valence-electron chi connectivity index (χ4n) is 4.33. The van der Waals surface area contributed by atoms with E-state index in [9.17, 15) is 9.59 Å². The summed E-state index contributed by atoms with van der Waals surface area (Å²) in [6.45, 7) is 2.28. The highest BCUT2D eigenvalue weighted by Crippen LogP contribution is 2.25. The molecule has 0 bridgehead atoms. The Morgan fingerprint density at radius 2 is 1.58 bits per heavy atom. The summed E-state index contributed by atoms with van der Waals surface area (Å²) in [6, 6.07) is 21.1. The molecular formula is C26H29N3O2. The molecule has 5 nitrogen and oxygen atoms in total. The Kier molecular flexibility index (Phi) is 6.60. The van der Waals surface area contributed by atoms with E-state index in [4.69, 9.17) is 0 Å². The van der Waals surface area contributed by atoms with Crippen LogP contribution in [0.5, 0.6) is 0 Å². The van der Waals surface area contributed by atoms with Gasteiger partial charge in [-0.2, -0.15) is 5.10 Å². The molecular weight excluding hydrogens is 386 g/mol. The zero-order valence-corrected chi connectivity index (χ0v) is 18.0. The molecule has 1 aromatic heterocycles. The highest BCUT2D eigenvalue weighted by atomic mass is 16.2. The fraction of sp³-hybridized carbons (Fsp3) is 0.346. The molecule has 160 valence electrons. The van der Waals surface area contributed by atoms with Gasteiger partial charge in [0.05, 0.1) is 18.2 Å². The first-order chi connectivity index (χ1) is 15.1. The zero-order chi connectivity index (χ0) is 21.6. The van der Waals surface area contributed by atoms with Gasteiger partial charge >= 0.3 is 0 Å². The van der Waals surface area contributed by atoms with E-state index in [1.165, 1.54) is 11.1 Å². The normalized spacial score (nSPS) is 14.5. The van der Waals surface area contributed by atoms with E-state index in [0.717, 1.165) is 48.1 Å². The second-order valence-corrected chi connectivity index (χ2v) is 8.36. The van der Waals surface area contributed by atoms with Crippen LogP contribution in [-0.2, 0) is 24.2 Å². The molecule has 1 aliphatic rings. The molecule has 5 heteroatoms. The second kappa shape index (κ2) is 9.73. The Morgan fingerprint density at radius 1 is 0.968 bits per heavy atom. The van der Waals surface area contributed by atoms with Crippen LogP contribution in [0.3, 0.4) is 0 Å². The third kappa shape index (κ3) is 5.10. The van der Waals surface area contributed by atoms with Gasteiger partial charge in [-0.05, 0) is 49.3 Å². The van der Waals surface area contributed by atoms with Gasteiger partial charge in [-0.1, -0.05) is 67.1 Å². The molecule has 0 unspecified atom stereocenters. The fourth-order valence-corrected chi connectivity index (χ4v) is 4.33. The number of amides is 1. The van der Waals surface area contributed by atoms with Gasteiger partial charge in [0.25, 0.3) is 5.56 Å². The standard InChI is InChI=1S/C26H29N3O2/c1-19(18-29-24(30)17-22-15-9-4-10-16-23(22)28-29)27-26(31)25(20-11-5-2-6-12-20)21-13-7-3-8-14-21/h2-3,5-8,11-14,17,19,25H,4,9-10,15-16,18H2,1H3,(H,27,31)/t19-/m0/s1. The van der Waals surface area contributed by atoms with E-state index >= 15 is 0 Å². The lowest BCUT2D eigenvalue weighted by molar-refractivity contribution is -0.122. The summed E-state index contributed by atoms with van der Waals surface area (Å²) in [5.74, 6) is -0.478. The number of benzene rings is 2. The van der Waals surface area contributed by atoms with Crippen molar-refractivity contribution in [3.63, 3.8) is 0 Å². The van der Waals surface area contributed by atoms with E-state index in [0.29, 0.717) is 6.54 Å². The third-order valence-electron chi connectivity index (χ3n) is 5.89. The quantitative estimate of drug-likeness (QED) is 0.622. The number of aromatic nitrogens is 2. The Balaban J connectivity index is 1.52. The molecule has 1 heterocycles. The monoisotopic (exact) mass is 415 g/mol. The van der Waals surface area contributed by atoms with Crippen molar-refractivity contribution in [2.45, 2.75) is 57.5 Å². The number of aryl methyl sites for hydroxylation is 2. The maximum absolute atomic E-state index is 13.3. The van der Waals surface area contributed by atoms with Crippen LogP contribution in [-0.4, -0.2) is 21.7 Å². The Morgan fingerprint density at radius 3 is 2.23 bits per heavy atom. The molecule has 3 aromatic rings. The largest absolute Gasteiger partial charge is 0.351 e. The predicted molar refractivity (Wildman–Crippen MR) is 122 cm³/mol. The molecule has 0 spiro atoms. The number of carbonyl (C=O) groups excluding carboxylic acids is 1. The lowest BCUT2D eigenvalue weighted by Crippen LogP contribution is -2.41. The van der Waals surface area contributed by atoms with Crippen LogP contribution < -0.4 is 10.9 Å². The first-order valence-corrected chi connectivity index (χ1v) is 11.1. The van der Waals surface area contributed by atoms with Crippen molar-refractivity contribution in [3.05, 3.63) is 99.5 Å². The zero-order valence-electron chi connectivity index (χ0n) is 18.0. The average Bonchev–Trinajstić information content (AvgIpc) is 3.00. The number of rotatable bonds is 6. The highest BCUT2D eigenvalue weighted by Gasteiger charge is 2.24. The third-order valence-corrected chi connectivity index (χ3v) is 5.89. The van der Waals surface area contributed by atoms with Gasteiger partial charge in [0, 0.05) is 12.1 Å². The van der Waals surface area contributed by atoms with Gasteiger partial charge in [-0.15, -0.1) is 0 Å². The first kappa shape index (κ1) is 21.0. The molecule has 0 fully saturated rings. The predicted octanol–water partition coefficient (Wildman–Crippen LogP) is 3.85. The summed E-state index contributed by atoms with van der Waals surface area (Å²) < 4.78 is 1.51. The van der Waals surface area contributed by atoms with E-state index in [1.54, 1.807) is 6.07 Å². The molecule has 31 heavy (non-hydrogen) atoms. The average molecular weight is 416 g/mol. The molecule has 4 rings (SSSR count). The minimum absolute atomic E-state index is 0.0762. The van der Waals surface area contributed by atoms with Gasteiger partial charge in [0.15, 0.2) is 0 Å². The van der Waals surface area contributed by atoms with Crippen molar-refractivity contribution >= 4 is 5.91 Å². The van der Waals surface area contributed by atoms with E-state index in [2.05, 4.69) is 10.4 Å². The summed E-state index contributed by atoms with van der Waals surface area (Å²) in [5.41, 5.74) is 3.91. The maximum Gasteiger partial charge on any atom is 0.267 e. The van der Waals surface area contributed by atoms with E-state index < -0.39 is 5.92 Å². The lowest BCUT2D eigenvalue weighted by atomic mass is 9.90. The van der Waals surface area contributed by atoms with Crippen LogP contribution in [0.1, 0.15) is 54.5 Å². The van der Waals surface area contributed by atoms with Crippen LogP contribution in [0.15, 0.2) is 71.5 Å². The summed E-state index contributed by atoms with van der Waals surface area (Å²) in [7, 11) is 0. The van der Waals surface area contributed by atoms with Crippen LogP contribution in [0, 0.1) is 0 Å². The van der Waals surface area contributed by atoms with E-state index in [-0.39, 0.29) is 17.5 Å². The number of carbonyl (C=O) groups is 1. The van der Waals surface area contributed by atoms with Crippen LogP contribution >= 0.6 is 0 Å². The summed E-state index contributed by atoms with van der Waals surface area (Å²) in [6.07, 6.45) is 5.25. The smallest absolute Gasteiger partial charge is 0.267 e. The minimum atomic E-state index is -0.401. The molecule has 1 aliphatic carbocycles. The number of nitrogens with one attached hydrogen (secondary N) is 1. The molecule has 0 saturated carbocycles. The Hall–Kier alpha value is -3.21. The van der Waals surface area contributed by atoms with E-state index in [1.807, 2.05) is 67.6 Å². The van der Waals surface area contributed by atoms with Gasteiger partial charge in [-0.25, -0.2) is 4.68 Å². The van der Waals surface area contributed by atoms with Crippen molar-refractivity contribution in [1.29, 1.82) is 0 Å². The van der Waals surface area contributed by atoms with Gasteiger partial charge in [0.2, 0.25) is 5.91 Å². The molecule has 0 saturated heterocycles. The van der Waals surface area contributed by atoms with Crippen LogP contribution in [0.4, 0.5) is 0 Å². The summed E-state index contributed by atoms with van der Waals surface area (Å²) in [5, 5.41) is 7.74. The topological polar surface area (TPSA) is 64.0 Å². The Labute approximate surface area is 183 Å². The summed E-state index contributed by atoms with van der Waals surface area (Å²) >= 11 is 0. The first-order valence-electron chi connectivity index (χ1n) is 11.1. The number of hydrogen-bond acceptors (Lipinski definition) is 3. The lowest BCUT2D eigenvalue weighted by Gasteiger charge is -2.22. The van der Waals surface area contributed by atoms with Crippen LogP contribution in [0.2, 0.25) is 0 Å². The number of hydrogen-bond donors (Lipinski definition) is 1. The SMILES string of the molecule is C[C@@H](Cn1nc2c(cc1=O)CCCCC2)NC(=O)C(c1ccccc1)c1ccccc1. The van der Waals surface area contributed by atoms with Crippen molar-refractivity contribution < 1.29 is 4.79 Å². The van der Waals surface area contributed by atoms with Gasteiger partial charge < -0.3 is 5.32 Å². The van der Waals surface area contributed by atoms with Gasteiger partial charge in [0.1, 0.15) is 0 Å². The van der Waals surface area contributed by atoms with Crippen LogP contribution in [0.25, 0.3) is 0 Å². The molecule has 1 amide bonds. The second-order valence-electron chi connectivity index (χ2n) is 8.36. The van der Waals surface area contributed by atoms with Gasteiger partial charge in [-0.3, -0.25) is 9.59 Å². The molecule has 0 radical (unpaired) electrons. The molecule has 1 atom stereocenters. The number of fused-ring (bicyclic) bond motifs is 1. The van der Waals surface area contributed by atoms with Crippen molar-refractivity contribution in [3.8, 4) is 0 Å². The highest BCUT2D eigenvalue weighted by molar-refractivity contribution is 5.87. The molecule has 1 N–H and O–H groups in total. The molecule has 2 aromatic carbocycles. The number of nitrogens with zero attached hydrogens (tertiary/aromatic N) is 2. The van der Waals surface area contributed by atoms with Crippen molar-refractivity contribution in [1.82, 2.24) is 15.1 Å². The van der Waals surface area contributed by atoms with Crippen molar-refractivity contribution in [2.24, 2.45) is 0 Å². The maximum atomic E-state index is 13.3.